The number of hydrogen-bond acceptors (Lipinski definition) is 3. The van der Waals surface area contributed by atoms with E-state index in [1.807, 2.05) is 6.92 Å². The summed E-state index contributed by atoms with van der Waals surface area (Å²) in [5, 5.41) is 0. The second-order valence-corrected chi connectivity index (χ2v) is 10.3. The van der Waals surface area contributed by atoms with Crippen LogP contribution < -0.4 is 9.47 Å². The van der Waals surface area contributed by atoms with Crippen molar-refractivity contribution in [1.82, 2.24) is 4.98 Å². The third kappa shape index (κ3) is 7.56. The molecule has 12 heteroatoms. The molecule has 0 bridgehead atoms. The summed E-state index contributed by atoms with van der Waals surface area (Å²) in [5.74, 6) is -9.51. The molecule has 1 fully saturated rings. The average Bonchev–Trinajstić information content (AvgIpc) is 2.94. The van der Waals surface area contributed by atoms with E-state index in [0.717, 1.165) is 12.0 Å². The number of aromatic nitrogens is 1. The van der Waals surface area contributed by atoms with E-state index in [4.69, 9.17) is 0 Å². The summed E-state index contributed by atoms with van der Waals surface area (Å²) in [6.45, 7) is 1.92. The van der Waals surface area contributed by atoms with Gasteiger partial charge in [-0.3, -0.25) is 4.98 Å². The molecule has 2 aromatic rings. The third-order valence-electron chi connectivity index (χ3n) is 7.74. The van der Waals surface area contributed by atoms with Gasteiger partial charge < -0.3 is 9.47 Å². The molecule has 1 saturated carbocycles. The minimum absolute atomic E-state index is 0.0350. The van der Waals surface area contributed by atoms with Crippen LogP contribution in [-0.2, 0) is 6.42 Å². The van der Waals surface area contributed by atoms with Crippen LogP contribution in [0.25, 0.3) is 5.83 Å². The van der Waals surface area contributed by atoms with Crippen LogP contribution in [0.3, 0.4) is 0 Å². The molecule has 1 heterocycles. The summed E-state index contributed by atoms with van der Waals surface area (Å²) < 4.78 is 132. The van der Waals surface area contributed by atoms with Crippen molar-refractivity contribution in [3.8, 4) is 11.5 Å². The molecule has 2 aliphatic rings. The Morgan fingerprint density at radius 1 is 0.878 bits per heavy atom. The van der Waals surface area contributed by atoms with E-state index in [0.29, 0.717) is 32.1 Å². The monoisotopic (exact) mass is 593 g/mol. The number of ether oxygens (including phenoxy) is 2. The highest BCUT2D eigenvalue weighted by molar-refractivity contribution is 5.62. The van der Waals surface area contributed by atoms with Gasteiger partial charge in [-0.25, -0.2) is 17.6 Å². The maximum absolute atomic E-state index is 14.8. The number of benzene rings is 1. The van der Waals surface area contributed by atoms with Crippen molar-refractivity contribution in [2.24, 2.45) is 17.8 Å². The zero-order valence-corrected chi connectivity index (χ0v) is 22.0. The van der Waals surface area contributed by atoms with Gasteiger partial charge in [0.15, 0.2) is 23.3 Å². The van der Waals surface area contributed by atoms with Gasteiger partial charge in [0.25, 0.3) is 0 Å². The first-order chi connectivity index (χ1) is 19.3. The molecule has 0 amide bonds. The van der Waals surface area contributed by atoms with Gasteiger partial charge in [0.2, 0.25) is 5.75 Å². The Bertz CT molecular complexity index is 1260. The standard InChI is InChI=1S/C29H28F9NO2/c1-2-16-3-12-24(39-15-16)26(33)25(32)19-6-4-17(5-7-19)18-8-10-20(11-9-18)28(34,35)40-21-13-22(30)27(23(31)14-21)41-29(36,37)38/h3,6,12-15,17-18,20H,2,4-5,7-11H2,1H3/b26-25+. The first-order valence-corrected chi connectivity index (χ1v) is 13.3. The lowest BCUT2D eigenvalue weighted by atomic mass is 9.71. The fourth-order valence-electron chi connectivity index (χ4n) is 5.47. The van der Waals surface area contributed by atoms with Gasteiger partial charge in [-0.15, -0.1) is 13.2 Å². The Hall–Kier alpha value is -3.18. The van der Waals surface area contributed by atoms with Crippen molar-refractivity contribution in [3.05, 3.63) is 70.8 Å². The van der Waals surface area contributed by atoms with Gasteiger partial charge in [-0.2, -0.15) is 8.78 Å². The van der Waals surface area contributed by atoms with E-state index >= 15 is 0 Å². The van der Waals surface area contributed by atoms with Crippen LogP contribution in [-0.4, -0.2) is 17.5 Å². The van der Waals surface area contributed by atoms with Crippen LogP contribution in [0.2, 0.25) is 0 Å². The van der Waals surface area contributed by atoms with Crippen molar-refractivity contribution < 1.29 is 49.0 Å². The lowest BCUT2D eigenvalue weighted by Crippen LogP contribution is -2.38. The van der Waals surface area contributed by atoms with E-state index in [2.05, 4.69) is 14.5 Å². The number of hydrogen-bond donors (Lipinski definition) is 0. The zero-order chi connectivity index (χ0) is 29.9. The van der Waals surface area contributed by atoms with Crippen LogP contribution in [0.4, 0.5) is 39.5 Å². The molecule has 1 unspecified atom stereocenters. The maximum atomic E-state index is 14.8. The van der Waals surface area contributed by atoms with Gasteiger partial charge in [0, 0.05) is 18.3 Å². The van der Waals surface area contributed by atoms with Gasteiger partial charge in [-0.1, -0.05) is 19.1 Å². The average molecular weight is 594 g/mol. The summed E-state index contributed by atoms with van der Waals surface area (Å²) in [7, 11) is 0. The molecular weight excluding hydrogens is 565 g/mol. The van der Waals surface area contributed by atoms with E-state index in [9.17, 15) is 39.5 Å². The highest BCUT2D eigenvalue weighted by Crippen LogP contribution is 2.46. The summed E-state index contributed by atoms with van der Waals surface area (Å²) in [5.41, 5.74) is 1.07. The van der Waals surface area contributed by atoms with Crippen molar-refractivity contribution >= 4 is 5.83 Å². The molecule has 41 heavy (non-hydrogen) atoms. The normalized spacial score (nSPS) is 22.6. The lowest BCUT2D eigenvalue weighted by molar-refractivity contribution is -0.276. The van der Waals surface area contributed by atoms with E-state index in [1.165, 1.54) is 12.3 Å². The lowest BCUT2D eigenvalue weighted by Gasteiger charge is -2.37. The van der Waals surface area contributed by atoms with Gasteiger partial charge in [-0.05, 0) is 80.4 Å². The highest BCUT2D eigenvalue weighted by atomic mass is 19.4. The number of alkyl halides is 5. The molecule has 1 aromatic heterocycles. The van der Waals surface area contributed by atoms with Gasteiger partial charge in [0.1, 0.15) is 11.4 Å². The molecular formula is C29H28F9NO2. The number of halogens is 9. The highest BCUT2D eigenvalue weighted by Gasteiger charge is 2.45. The molecule has 0 aliphatic heterocycles. The molecule has 0 radical (unpaired) electrons. The van der Waals surface area contributed by atoms with Crippen molar-refractivity contribution in [2.45, 2.75) is 70.8 Å². The predicted octanol–water partition coefficient (Wildman–Crippen LogP) is 9.63. The fraction of sp³-hybridized carbons (Fsp3) is 0.483. The number of aryl methyl sites for hydroxylation is 1. The van der Waals surface area contributed by atoms with Crippen molar-refractivity contribution in [1.29, 1.82) is 0 Å². The van der Waals surface area contributed by atoms with Crippen molar-refractivity contribution in [3.63, 3.8) is 0 Å². The molecule has 1 aromatic carbocycles. The van der Waals surface area contributed by atoms with E-state index in [-0.39, 0.29) is 48.1 Å². The summed E-state index contributed by atoms with van der Waals surface area (Å²) in [6, 6.07) is 3.54. The summed E-state index contributed by atoms with van der Waals surface area (Å²) in [4.78, 5) is 3.98. The van der Waals surface area contributed by atoms with Crippen molar-refractivity contribution in [2.75, 3.05) is 0 Å². The Labute approximate surface area is 231 Å². The maximum Gasteiger partial charge on any atom is 0.573 e. The molecule has 3 nitrogen and oxygen atoms in total. The number of rotatable bonds is 8. The Morgan fingerprint density at radius 2 is 1.54 bits per heavy atom. The quantitative estimate of drug-likeness (QED) is 0.286. The minimum Gasteiger partial charge on any atom is -0.432 e. The topological polar surface area (TPSA) is 31.4 Å². The molecule has 2 aliphatic carbocycles. The molecule has 0 spiro atoms. The fourth-order valence-corrected chi connectivity index (χ4v) is 5.47. The Morgan fingerprint density at radius 3 is 2.05 bits per heavy atom. The minimum atomic E-state index is -5.37. The number of allylic oxidation sites excluding steroid dienone is 3. The predicted molar refractivity (Wildman–Crippen MR) is 132 cm³/mol. The molecule has 224 valence electrons. The van der Waals surface area contributed by atoms with Crippen LogP contribution >= 0.6 is 0 Å². The Balaban J connectivity index is 1.33. The third-order valence-corrected chi connectivity index (χ3v) is 7.74. The van der Waals surface area contributed by atoms with Crippen LogP contribution in [0.5, 0.6) is 11.5 Å². The number of pyridine rings is 1. The largest absolute Gasteiger partial charge is 0.573 e. The summed E-state index contributed by atoms with van der Waals surface area (Å²) in [6.07, 6.45) is -3.15. The first kappa shape index (κ1) is 30.8. The zero-order valence-electron chi connectivity index (χ0n) is 22.0. The molecule has 0 saturated heterocycles. The first-order valence-electron chi connectivity index (χ1n) is 13.3. The van der Waals surface area contributed by atoms with Gasteiger partial charge >= 0.3 is 12.5 Å². The van der Waals surface area contributed by atoms with Crippen LogP contribution in [0.15, 0.2) is 47.9 Å². The van der Waals surface area contributed by atoms with Gasteiger partial charge in [0.05, 0.1) is 5.92 Å². The molecule has 4 rings (SSSR count). The SMILES string of the molecule is CCc1ccc(/C(F)=C(\F)C2=CCC(C3CCC(C(F)(F)Oc4cc(F)c(OC(F)(F)F)c(F)c4)CC3)CC2)nc1. The Kier molecular flexibility index (Phi) is 9.28. The second-order valence-electron chi connectivity index (χ2n) is 10.3. The van der Waals surface area contributed by atoms with Crippen LogP contribution in [0.1, 0.15) is 63.1 Å². The summed E-state index contributed by atoms with van der Waals surface area (Å²) >= 11 is 0. The molecule has 0 N–H and O–H groups in total. The van der Waals surface area contributed by atoms with Crippen LogP contribution in [0, 0.1) is 29.4 Å². The number of nitrogens with zero attached hydrogens (tertiary/aromatic N) is 1. The smallest absolute Gasteiger partial charge is 0.432 e. The van der Waals surface area contributed by atoms with E-state index in [1.54, 1.807) is 12.1 Å². The van der Waals surface area contributed by atoms with E-state index < -0.39 is 53.2 Å². The molecule has 1 atom stereocenters. The second kappa shape index (κ2) is 12.4.